The van der Waals surface area contributed by atoms with Crippen molar-refractivity contribution in [1.82, 2.24) is 10.6 Å². The average Bonchev–Trinajstić information content (AvgIpc) is 3.15. The van der Waals surface area contributed by atoms with Crippen molar-refractivity contribution in [2.24, 2.45) is 0 Å². The van der Waals surface area contributed by atoms with Gasteiger partial charge in [0.15, 0.2) is 0 Å². The summed E-state index contributed by atoms with van der Waals surface area (Å²) in [5, 5.41) is 14.1. The summed E-state index contributed by atoms with van der Waals surface area (Å²) in [6.07, 6.45) is -1.22. The van der Waals surface area contributed by atoms with Gasteiger partial charge in [-0.1, -0.05) is 29.8 Å². The van der Waals surface area contributed by atoms with Gasteiger partial charge in [-0.3, -0.25) is 9.59 Å². The van der Waals surface area contributed by atoms with Crippen molar-refractivity contribution in [3.05, 3.63) is 88.4 Å². The molecule has 0 radical (unpaired) electrons. The average molecular weight is 600 g/mol. The van der Waals surface area contributed by atoms with Crippen molar-refractivity contribution in [3.63, 3.8) is 0 Å². The maximum Gasteiger partial charge on any atom is 0.404 e. The van der Waals surface area contributed by atoms with Gasteiger partial charge in [0.2, 0.25) is 0 Å². The van der Waals surface area contributed by atoms with Crippen LogP contribution in [-0.4, -0.2) is 50.1 Å². The van der Waals surface area contributed by atoms with E-state index < -0.39 is 38.9 Å². The molecule has 0 aromatic heterocycles. The van der Waals surface area contributed by atoms with Gasteiger partial charge >= 0.3 is 6.09 Å². The van der Waals surface area contributed by atoms with Crippen LogP contribution in [0.25, 0.3) is 0 Å². The van der Waals surface area contributed by atoms with Crippen LogP contribution in [-0.2, 0) is 20.2 Å². The number of carbonyl (C=O) groups excluding carboxylic acids is 2. The molecule has 1 unspecified atom stereocenters. The molecule has 0 saturated carbocycles. The molecule has 0 saturated heterocycles. The summed E-state index contributed by atoms with van der Waals surface area (Å²) in [6, 6.07) is 16.7. The number of carboxylic acid groups (broad SMARTS) is 1. The molecule has 1 heterocycles. The second-order valence-electron chi connectivity index (χ2n) is 10.3. The Morgan fingerprint density at radius 1 is 1.05 bits per heavy atom. The third-order valence-corrected chi connectivity index (χ3v) is 8.89. The van der Waals surface area contributed by atoms with Crippen LogP contribution in [0.5, 0.6) is 5.75 Å². The van der Waals surface area contributed by atoms with Crippen LogP contribution in [0.3, 0.4) is 0 Å². The lowest BCUT2D eigenvalue weighted by Gasteiger charge is -2.26. The van der Waals surface area contributed by atoms with E-state index in [2.05, 4.69) is 10.6 Å². The molecule has 3 aromatic carbocycles. The molecule has 1 aliphatic heterocycles. The summed E-state index contributed by atoms with van der Waals surface area (Å²) in [5.41, 5.74) is -1.12. The van der Waals surface area contributed by atoms with Crippen LogP contribution in [0.4, 0.5) is 10.5 Å². The number of rotatable bonds is 9. The van der Waals surface area contributed by atoms with Gasteiger partial charge in [-0.2, -0.15) is 0 Å². The van der Waals surface area contributed by atoms with E-state index in [0.717, 1.165) is 4.31 Å². The fraction of sp³-hybridized carbons (Fsp3) is 0.276. The highest BCUT2D eigenvalue weighted by molar-refractivity contribution is 7.93. The largest absolute Gasteiger partial charge is 0.494 e. The molecule has 41 heavy (non-hydrogen) atoms. The zero-order valence-electron chi connectivity index (χ0n) is 22.9. The predicted molar refractivity (Wildman–Crippen MR) is 154 cm³/mol. The molecule has 0 bridgehead atoms. The molecule has 3 N–H and O–H groups in total. The third kappa shape index (κ3) is 5.59. The van der Waals surface area contributed by atoms with Crippen LogP contribution >= 0.6 is 11.6 Å². The van der Waals surface area contributed by atoms with E-state index in [1.54, 1.807) is 57.2 Å². The first-order valence-electron chi connectivity index (χ1n) is 12.7. The number of hydrogen-bond acceptors (Lipinski definition) is 6. The van der Waals surface area contributed by atoms with E-state index in [0.29, 0.717) is 28.5 Å². The molecule has 0 fully saturated rings. The summed E-state index contributed by atoms with van der Waals surface area (Å²) >= 11 is 6.51. The summed E-state index contributed by atoms with van der Waals surface area (Å²) < 4.78 is 34.3. The molecule has 1 atom stereocenters. The Morgan fingerprint density at radius 3 is 2.32 bits per heavy atom. The monoisotopic (exact) mass is 599 g/mol. The van der Waals surface area contributed by atoms with E-state index in [1.807, 2.05) is 6.92 Å². The molecule has 1 aliphatic rings. The van der Waals surface area contributed by atoms with Crippen molar-refractivity contribution >= 4 is 45.2 Å². The Balaban J connectivity index is 1.72. The highest BCUT2D eigenvalue weighted by Gasteiger charge is 2.54. The minimum atomic E-state index is -4.42. The van der Waals surface area contributed by atoms with Crippen molar-refractivity contribution < 1.29 is 32.6 Å². The highest BCUT2D eigenvalue weighted by Crippen LogP contribution is 2.50. The Labute approximate surface area is 243 Å². The molecular weight excluding hydrogens is 570 g/mol. The van der Waals surface area contributed by atoms with Crippen molar-refractivity contribution in [2.45, 2.75) is 43.5 Å². The van der Waals surface area contributed by atoms with Gasteiger partial charge in [-0.05, 0) is 81.8 Å². The highest BCUT2D eigenvalue weighted by atomic mass is 35.5. The topological polar surface area (TPSA) is 142 Å². The van der Waals surface area contributed by atoms with Crippen LogP contribution in [0.15, 0.2) is 71.6 Å². The number of nitrogens with one attached hydrogen (secondary N) is 2. The Bertz CT molecular complexity index is 1620. The molecule has 4 rings (SSSR count). The lowest BCUT2D eigenvalue weighted by atomic mass is 9.77. The molecule has 12 heteroatoms. The Kier molecular flexibility index (Phi) is 8.06. The van der Waals surface area contributed by atoms with Gasteiger partial charge in [-0.25, -0.2) is 17.5 Å². The normalized spacial score (nSPS) is 16.7. The van der Waals surface area contributed by atoms with Crippen LogP contribution in [0.2, 0.25) is 5.02 Å². The smallest absolute Gasteiger partial charge is 0.404 e. The first kappa shape index (κ1) is 29.9. The van der Waals surface area contributed by atoms with Gasteiger partial charge in [0.05, 0.1) is 22.7 Å². The number of benzene rings is 3. The molecule has 3 aromatic rings. The second-order valence-corrected chi connectivity index (χ2v) is 12.5. The standard InChI is InChI=1S/C29H30ClN3O7S/c1-5-40-19-12-15-24-22(16-19)29(4,21-8-6-7-9-23(21)30)26(35)33(24)41(38,39)20-13-10-18(11-14-20)25(34)32-28(2,3)17-31-27(36)37/h6-16,31H,5,17H2,1-4H3,(H,32,34)(H,36,37). The number of carbonyl (C=O) groups is 3. The lowest BCUT2D eigenvalue weighted by Crippen LogP contribution is -2.51. The van der Waals surface area contributed by atoms with Crippen molar-refractivity contribution in [2.75, 3.05) is 17.5 Å². The molecular formula is C29H30ClN3O7S. The first-order valence-corrected chi connectivity index (χ1v) is 14.6. The summed E-state index contributed by atoms with van der Waals surface area (Å²) in [5.74, 6) is -0.749. The summed E-state index contributed by atoms with van der Waals surface area (Å²) in [6.45, 7) is 7.08. The van der Waals surface area contributed by atoms with E-state index in [-0.39, 0.29) is 22.7 Å². The number of amides is 3. The van der Waals surface area contributed by atoms with Crippen molar-refractivity contribution in [1.29, 1.82) is 0 Å². The zero-order chi connectivity index (χ0) is 30.2. The molecule has 0 aliphatic carbocycles. The van der Waals surface area contributed by atoms with E-state index in [1.165, 1.54) is 30.3 Å². The quantitative estimate of drug-likeness (QED) is 0.327. The number of ether oxygens (including phenoxy) is 1. The first-order chi connectivity index (χ1) is 19.2. The fourth-order valence-corrected chi connectivity index (χ4v) is 6.58. The van der Waals surface area contributed by atoms with Gasteiger partial charge in [0.1, 0.15) is 11.2 Å². The van der Waals surface area contributed by atoms with E-state index in [9.17, 15) is 22.8 Å². The Morgan fingerprint density at radius 2 is 1.71 bits per heavy atom. The number of hydrogen-bond donors (Lipinski definition) is 3. The lowest BCUT2D eigenvalue weighted by molar-refractivity contribution is -0.120. The molecule has 10 nitrogen and oxygen atoms in total. The predicted octanol–water partition coefficient (Wildman–Crippen LogP) is 4.56. The van der Waals surface area contributed by atoms with Crippen LogP contribution < -0.4 is 19.7 Å². The van der Waals surface area contributed by atoms with E-state index in [4.69, 9.17) is 21.4 Å². The Hall–Kier alpha value is -4.09. The number of nitrogens with zero attached hydrogens (tertiary/aromatic N) is 1. The zero-order valence-corrected chi connectivity index (χ0v) is 24.5. The number of halogens is 1. The fourth-order valence-electron chi connectivity index (χ4n) is 4.75. The van der Waals surface area contributed by atoms with Crippen LogP contribution in [0, 0.1) is 0 Å². The van der Waals surface area contributed by atoms with Crippen molar-refractivity contribution in [3.8, 4) is 5.75 Å². The minimum absolute atomic E-state index is 0.0355. The van der Waals surface area contributed by atoms with Crippen LogP contribution in [0.1, 0.15) is 49.2 Å². The van der Waals surface area contributed by atoms with Gasteiger partial charge < -0.3 is 20.5 Å². The molecule has 216 valence electrons. The van der Waals surface area contributed by atoms with Gasteiger partial charge in [0.25, 0.3) is 21.8 Å². The van der Waals surface area contributed by atoms with E-state index >= 15 is 0 Å². The van der Waals surface area contributed by atoms with Gasteiger partial charge in [0, 0.05) is 22.7 Å². The molecule has 3 amide bonds. The number of fused-ring (bicyclic) bond motifs is 1. The third-order valence-electron chi connectivity index (χ3n) is 6.85. The number of sulfonamides is 1. The minimum Gasteiger partial charge on any atom is -0.494 e. The SMILES string of the molecule is CCOc1ccc2c(c1)C(C)(c1ccccc1Cl)C(=O)N2S(=O)(=O)c1ccc(C(=O)NC(C)(C)CNC(=O)O)cc1. The second kappa shape index (κ2) is 11.1. The summed E-state index contributed by atoms with van der Waals surface area (Å²) in [4.78, 5) is 37.5. The maximum atomic E-state index is 14.1. The number of anilines is 1. The maximum absolute atomic E-state index is 14.1. The summed E-state index contributed by atoms with van der Waals surface area (Å²) in [7, 11) is -4.42. The van der Waals surface area contributed by atoms with Gasteiger partial charge in [-0.15, -0.1) is 0 Å². The molecule has 0 spiro atoms.